The maximum absolute atomic E-state index is 12.1. The summed E-state index contributed by atoms with van der Waals surface area (Å²) in [4.78, 5) is 28.5. The second-order valence-corrected chi connectivity index (χ2v) is 6.13. The van der Waals surface area contributed by atoms with Gasteiger partial charge in [-0.15, -0.1) is 11.3 Å². The van der Waals surface area contributed by atoms with Crippen molar-refractivity contribution in [1.82, 2.24) is 21.2 Å². The number of nitrogens with zero attached hydrogens (tertiary/aromatic N) is 1. The molecule has 0 bridgehead atoms. The van der Waals surface area contributed by atoms with Crippen molar-refractivity contribution in [1.29, 1.82) is 0 Å². The lowest BCUT2D eigenvalue weighted by atomic mass is 10.2. The summed E-state index contributed by atoms with van der Waals surface area (Å²) in [5.74, 6) is -0.358. The Kier molecular flexibility index (Phi) is 4.06. The van der Waals surface area contributed by atoms with E-state index in [9.17, 15) is 9.59 Å². The fourth-order valence-electron chi connectivity index (χ4n) is 1.93. The zero-order valence-corrected chi connectivity index (χ0v) is 12.9. The fourth-order valence-corrected chi connectivity index (χ4v) is 2.90. The minimum absolute atomic E-state index is 0.242. The third-order valence-electron chi connectivity index (χ3n) is 3.23. The first kappa shape index (κ1) is 14.5. The molecule has 1 fully saturated rings. The van der Waals surface area contributed by atoms with Crippen LogP contribution in [0.2, 0.25) is 0 Å². The molecular formula is C15H16N4O2S. The predicted octanol–water partition coefficient (Wildman–Crippen LogP) is 2.22. The van der Waals surface area contributed by atoms with Gasteiger partial charge in [0.2, 0.25) is 0 Å². The molecule has 114 valence electrons. The minimum Gasteiger partial charge on any atom is -0.334 e. The van der Waals surface area contributed by atoms with Gasteiger partial charge in [-0.05, 0) is 19.8 Å². The van der Waals surface area contributed by atoms with Gasteiger partial charge < -0.3 is 5.32 Å². The summed E-state index contributed by atoms with van der Waals surface area (Å²) in [6.45, 7) is 1.78. The van der Waals surface area contributed by atoms with E-state index in [-0.39, 0.29) is 18.0 Å². The van der Waals surface area contributed by atoms with Crippen LogP contribution in [0.3, 0.4) is 0 Å². The summed E-state index contributed by atoms with van der Waals surface area (Å²) in [6.07, 6.45) is 1.99. The molecule has 1 aromatic carbocycles. The van der Waals surface area contributed by atoms with Crippen molar-refractivity contribution in [3.05, 3.63) is 40.9 Å². The number of benzene rings is 1. The number of amides is 3. The maximum atomic E-state index is 12.1. The lowest BCUT2D eigenvalue weighted by Gasteiger charge is -2.07. The molecule has 0 spiro atoms. The zero-order valence-electron chi connectivity index (χ0n) is 12.1. The van der Waals surface area contributed by atoms with Crippen LogP contribution in [0.1, 0.15) is 28.2 Å². The first-order valence-corrected chi connectivity index (χ1v) is 7.85. The Labute approximate surface area is 131 Å². The van der Waals surface area contributed by atoms with Gasteiger partial charge in [-0.25, -0.2) is 15.2 Å². The van der Waals surface area contributed by atoms with Crippen LogP contribution in [0.25, 0.3) is 10.6 Å². The molecule has 1 saturated carbocycles. The average Bonchev–Trinajstić information content (AvgIpc) is 3.25. The molecule has 1 aromatic heterocycles. The monoisotopic (exact) mass is 316 g/mol. The first-order valence-electron chi connectivity index (χ1n) is 7.03. The van der Waals surface area contributed by atoms with Crippen LogP contribution in [0.4, 0.5) is 4.79 Å². The molecule has 6 nitrogen and oxygen atoms in total. The smallest absolute Gasteiger partial charge is 0.333 e. The standard InChI is InChI=1S/C15H16N4O2S/c1-9-12(13(20)18-19-15(21)17-11-7-8-11)22-14(16-9)10-5-3-2-4-6-10/h2-6,11H,7-8H2,1H3,(H,18,20)(H2,17,19,21). The first-order chi connectivity index (χ1) is 10.6. The van der Waals surface area contributed by atoms with E-state index in [4.69, 9.17) is 0 Å². The Morgan fingerprint density at radius 3 is 2.59 bits per heavy atom. The molecule has 7 heteroatoms. The van der Waals surface area contributed by atoms with Crippen LogP contribution < -0.4 is 16.2 Å². The van der Waals surface area contributed by atoms with E-state index in [1.54, 1.807) is 6.92 Å². The number of nitrogens with one attached hydrogen (secondary N) is 3. The summed E-state index contributed by atoms with van der Waals surface area (Å²) in [6, 6.07) is 9.53. The molecule has 0 saturated heterocycles. The molecule has 3 amide bonds. The predicted molar refractivity (Wildman–Crippen MR) is 84.4 cm³/mol. The van der Waals surface area contributed by atoms with Crippen LogP contribution in [-0.2, 0) is 0 Å². The Morgan fingerprint density at radius 2 is 1.91 bits per heavy atom. The highest BCUT2D eigenvalue weighted by atomic mass is 32.1. The summed E-state index contributed by atoms with van der Waals surface area (Å²) in [5.41, 5.74) is 6.38. The topological polar surface area (TPSA) is 83.1 Å². The highest BCUT2D eigenvalue weighted by Crippen LogP contribution is 2.27. The number of aromatic nitrogens is 1. The number of carbonyl (C=O) groups excluding carboxylic acids is 2. The average molecular weight is 316 g/mol. The molecule has 22 heavy (non-hydrogen) atoms. The maximum Gasteiger partial charge on any atom is 0.333 e. The molecule has 0 aliphatic heterocycles. The van der Waals surface area contributed by atoms with E-state index >= 15 is 0 Å². The van der Waals surface area contributed by atoms with E-state index in [1.165, 1.54) is 11.3 Å². The number of carbonyl (C=O) groups is 2. The summed E-state index contributed by atoms with van der Waals surface area (Å²) >= 11 is 1.30. The van der Waals surface area contributed by atoms with Crippen molar-refractivity contribution in [3.8, 4) is 10.6 Å². The fraction of sp³-hybridized carbons (Fsp3) is 0.267. The van der Waals surface area contributed by atoms with Crippen LogP contribution in [0.15, 0.2) is 30.3 Å². The molecule has 0 atom stereocenters. The third-order valence-corrected chi connectivity index (χ3v) is 4.43. The van der Waals surface area contributed by atoms with E-state index in [0.29, 0.717) is 10.6 Å². The van der Waals surface area contributed by atoms with Crippen LogP contribution in [0.5, 0.6) is 0 Å². The van der Waals surface area contributed by atoms with Gasteiger partial charge in [-0.1, -0.05) is 30.3 Å². The van der Waals surface area contributed by atoms with Gasteiger partial charge in [-0.3, -0.25) is 10.2 Å². The molecule has 2 aromatic rings. The summed E-state index contributed by atoms with van der Waals surface area (Å²) < 4.78 is 0. The summed E-state index contributed by atoms with van der Waals surface area (Å²) in [5, 5.41) is 3.51. The lowest BCUT2D eigenvalue weighted by Crippen LogP contribution is -2.47. The number of thiazole rings is 1. The second-order valence-electron chi connectivity index (χ2n) is 5.13. The van der Waals surface area contributed by atoms with Gasteiger partial charge in [0.05, 0.1) is 5.69 Å². The third kappa shape index (κ3) is 3.43. The highest BCUT2D eigenvalue weighted by molar-refractivity contribution is 7.17. The minimum atomic E-state index is -0.388. The van der Waals surface area contributed by atoms with Crippen molar-refractivity contribution in [2.45, 2.75) is 25.8 Å². The van der Waals surface area contributed by atoms with E-state index in [0.717, 1.165) is 23.4 Å². The van der Waals surface area contributed by atoms with Crippen LogP contribution in [0, 0.1) is 6.92 Å². The molecule has 3 N–H and O–H groups in total. The van der Waals surface area contributed by atoms with Gasteiger partial charge in [0.15, 0.2) is 0 Å². The molecule has 0 unspecified atom stereocenters. The van der Waals surface area contributed by atoms with Gasteiger partial charge in [0.25, 0.3) is 5.91 Å². The summed E-state index contributed by atoms with van der Waals surface area (Å²) in [7, 11) is 0. The van der Waals surface area contributed by atoms with Gasteiger partial charge in [0.1, 0.15) is 9.88 Å². The van der Waals surface area contributed by atoms with Gasteiger partial charge in [0, 0.05) is 11.6 Å². The number of aryl methyl sites for hydroxylation is 1. The van der Waals surface area contributed by atoms with Crippen molar-refractivity contribution in [3.63, 3.8) is 0 Å². The van der Waals surface area contributed by atoms with Crippen molar-refractivity contribution >= 4 is 23.3 Å². The van der Waals surface area contributed by atoms with Crippen LogP contribution in [-0.4, -0.2) is 23.0 Å². The number of hydrogen-bond acceptors (Lipinski definition) is 4. The Bertz CT molecular complexity index is 695. The molecule has 3 rings (SSSR count). The Hall–Kier alpha value is -2.41. The molecule has 0 radical (unpaired) electrons. The van der Waals surface area contributed by atoms with E-state index < -0.39 is 0 Å². The van der Waals surface area contributed by atoms with Crippen molar-refractivity contribution in [2.24, 2.45) is 0 Å². The quantitative estimate of drug-likeness (QED) is 0.759. The van der Waals surface area contributed by atoms with Gasteiger partial charge >= 0.3 is 6.03 Å². The molecular weight excluding hydrogens is 300 g/mol. The molecule has 1 aliphatic rings. The number of rotatable bonds is 3. The van der Waals surface area contributed by atoms with E-state index in [1.807, 2.05) is 30.3 Å². The normalized spacial score (nSPS) is 13.5. The Morgan fingerprint density at radius 1 is 1.18 bits per heavy atom. The van der Waals surface area contributed by atoms with E-state index in [2.05, 4.69) is 21.2 Å². The number of hydrazine groups is 1. The second kappa shape index (κ2) is 6.15. The van der Waals surface area contributed by atoms with Crippen molar-refractivity contribution in [2.75, 3.05) is 0 Å². The SMILES string of the molecule is Cc1nc(-c2ccccc2)sc1C(=O)NNC(=O)NC1CC1. The van der Waals surface area contributed by atoms with Gasteiger partial charge in [-0.2, -0.15) is 0 Å². The molecule has 1 heterocycles. The Balaban J connectivity index is 1.65. The van der Waals surface area contributed by atoms with Crippen LogP contribution >= 0.6 is 11.3 Å². The molecule has 1 aliphatic carbocycles. The highest BCUT2D eigenvalue weighted by Gasteiger charge is 2.23. The largest absolute Gasteiger partial charge is 0.334 e. The number of urea groups is 1. The van der Waals surface area contributed by atoms with Crippen molar-refractivity contribution < 1.29 is 9.59 Å². The number of hydrogen-bond donors (Lipinski definition) is 3. The zero-order chi connectivity index (χ0) is 15.5. The lowest BCUT2D eigenvalue weighted by molar-refractivity contribution is 0.0939.